The second-order valence-electron chi connectivity index (χ2n) is 20.7. The number of benzene rings is 4. The molecule has 15 heteroatoms. The number of ether oxygens (including phenoxy) is 2. The van der Waals surface area contributed by atoms with E-state index in [0.29, 0.717) is 13.1 Å². The minimum Gasteiger partial charge on any atom is -0.456 e. The van der Waals surface area contributed by atoms with Crippen LogP contribution in [0.3, 0.4) is 0 Å². The van der Waals surface area contributed by atoms with Crippen molar-refractivity contribution in [1.29, 1.82) is 0 Å². The normalized spacial score (nSPS) is 19.8. The number of carbonyl (C=O) groups excluding carboxylic acids is 4. The topological polar surface area (TPSA) is 188 Å². The van der Waals surface area contributed by atoms with E-state index in [1.807, 2.05) is 62.0 Å². The van der Waals surface area contributed by atoms with Crippen molar-refractivity contribution in [1.82, 2.24) is 40.4 Å². The number of imidazole rings is 2. The highest BCUT2D eigenvalue weighted by atomic mass is 16.5. The first kappa shape index (κ1) is 44.4. The van der Waals surface area contributed by atoms with Crippen LogP contribution in [0.5, 0.6) is 0 Å². The van der Waals surface area contributed by atoms with Gasteiger partial charge in [-0.15, -0.1) is 0 Å². The van der Waals surface area contributed by atoms with Crippen molar-refractivity contribution in [3.05, 3.63) is 96.8 Å². The van der Waals surface area contributed by atoms with Gasteiger partial charge < -0.3 is 44.3 Å². The molecule has 4 amide bonds. The van der Waals surface area contributed by atoms with Crippen LogP contribution in [0.4, 0.5) is 9.59 Å². The summed E-state index contributed by atoms with van der Waals surface area (Å²) in [6.45, 7) is 9.00. The number of rotatable bonds is 12. The Labute approximate surface area is 400 Å². The van der Waals surface area contributed by atoms with Crippen LogP contribution in [-0.2, 0) is 19.1 Å². The van der Waals surface area contributed by atoms with Crippen LogP contribution in [0.15, 0.2) is 89.6 Å². The molecule has 0 unspecified atom stereocenters. The number of likely N-dealkylation sites (tertiary alicyclic amines) is 2. The minimum absolute atomic E-state index is 0.106. The number of carbonyl (C=O) groups is 4. The minimum atomic E-state index is -0.698. The number of nitrogens with one attached hydrogen (secondary N) is 4. The largest absolute Gasteiger partial charge is 0.456 e. The van der Waals surface area contributed by atoms with E-state index in [1.54, 1.807) is 0 Å². The SMILES string of the molecule is COC(=O)N[C@H](C(=O)N1CC2(CC2)C[C@H]1c1ncc(-c2ccc(-c3ccc(-c4ccc(-c5cnc([C@@H]6CC7(CC7)CN6C(=O)[C@@H](NC(=O)OC)C(C)C)[nH]5)cc4)c4c5ccc(o5)c34)cc2)[nH]1)C(C)C. The lowest BCUT2D eigenvalue weighted by molar-refractivity contribution is -0.136. The molecule has 2 spiro atoms. The Balaban J connectivity index is 0.818. The zero-order valence-electron chi connectivity index (χ0n) is 39.9. The van der Waals surface area contributed by atoms with Gasteiger partial charge in [-0.05, 0) is 107 Å². The quantitative estimate of drug-likeness (QED) is 0.0925. The van der Waals surface area contributed by atoms with Gasteiger partial charge in [-0.25, -0.2) is 19.6 Å². The molecule has 4 atom stereocenters. The van der Waals surface area contributed by atoms with Crippen molar-refractivity contribution in [2.24, 2.45) is 22.7 Å². The van der Waals surface area contributed by atoms with E-state index in [-0.39, 0.29) is 46.6 Å². The maximum absolute atomic E-state index is 14.0. The predicted octanol–water partition coefficient (Wildman–Crippen LogP) is 10.0. The molecule has 6 heterocycles. The maximum atomic E-state index is 14.0. The van der Waals surface area contributed by atoms with Crippen molar-refractivity contribution in [3.8, 4) is 44.8 Å². The maximum Gasteiger partial charge on any atom is 0.407 e. The summed E-state index contributed by atoms with van der Waals surface area (Å²) in [7, 11) is 2.61. The van der Waals surface area contributed by atoms with Gasteiger partial charge in [-0.2, -0.15) is 0 Å². The van der Waals surface area contributed by atoms with E-state index < -0.39 is 24.3 Å². The first-order chi connectivity index (χ1) is 33.3. The lowest BCUT2D eigenvalue weighted by atomic mass is 9.91. The van der Waals surface area contributed by atoms with E-state index in [4.69, 9.17) is 23.9 Å². The monoisotopic (exact) mass is 930 g/mol. The van der Waals surface area contributed by atoms with Gasteiger partial charge in [0.15, 0.2) is 0 Å². The molecule has 7 aromatic rings. The number of hydrogen-bond acceptors (Lipinski definition) is 9. The first-order valence-corrected chi connectivity index (χ1v) is 24.2. The Morgan fingerprint density at radius 3 is 1.32 bits per heavy atom. The summed E-state index contributed by atoms with van der Waals surface area (Å²) >= 11 is 0. The third-order valence-corrected chi connectivity index (χ3v) is 15.4. The van der Waals surface area contributed by atoms with Gasteiger partial charge in [0.05, 0.1) is 50.1 Å². The molecule has 4 fully saturated rings. The highest BCUT2D eigenvalue weighted by Gasteiger charge is 2.56. The standard InChI is InChI=1S/C54H58N8O7/c1-29(2)45(59-51(65)67-5)49(63)61-27-53(19-20-53)23-39(61)47-55-25-37(57-47)33-11-7-31(8-12-33)35-15-16-36(44-42-18-17-41(69-42)43(35)44)32-9-13-34(14-10-32)38-26-56-48(58-38)40-24-54(21-22-54)28-62(40)50(64)46(30(3)4)60-52(66)68-6/h7-18,25-26,29-30,39-40,45-46H,19-24,27-28H2,1-6H3,(H,55,57)(H,56,58)(H,59,65)(H,60,66)/t39-,40-,45-,46-/m0/s1. The Hall–Kier alpha value is -7.16. The molecular weight excluding hydrogens is 873 g/mol. The molecule has 356 valence electrons. The van der Waals surface area contributed by atoms with Gasteiger partial charge in [0.1, 0.15) is 34.9 Å². The van der Waals surface area contributed by atoms with E-state index >= 15 is 0 Å². The van der Waals surface area contributed by atoms with E-state index in [0.717, 1.165) is 117 Å². The molecule has 2 saturated carbocycles. The summed E-state index contributed by atoms with van der Waals surface area (Å²) in [4.78, 5) is 72.9. The Morgan fingerprint density at radius 1 is 0.594 bits per heavy atom. The summed E-state index contributed by atoms with van der Waals surface area (Å²) in [6, 6.07) is 23.5. The summed E-state index contributed by atoms with van der Waals surface area (Å²) in [6.07, 6.45) is 8.44. The average molecular weight is 931 g/mol. The average Bonchev–Trinajstić information content (AvgIpc) is 3.79. The zero-order valence-corrected chi connectivity index (χ0v) is 39.9. The smallest absolute Gasteiger partial charge is 0.407 e. The van der Waals surface area contributed by atoms with Crippen molar-refractivity contribution >= 4 is 45.9 Å². The third-order valence-electron chi connectivity index (χ3n) is 15.4. The lowest BCUT2D eigenvalue weighted by Crippen LogP contribution is -2.51. The molecule has 4 aliphatic rings. The Morgan fingerprint density at radius 2 is 0.971 bits per heavy atom. The van der Waals surface area contributed by atoms with Crippen molar-refractivity contribution < 1.29 is 33.1 Å². The number of aromatic amines is 2. The fraction of sp³-hybridized carbons (Fsp3) is 0.407. The number of fused-ring (bicyclic) bond motifs is 5. The number of H-pyrrole nitrogens is 2. The van der Waals surface area contributed by atoms with Crippen LogP contribution < -0.4 is 10.6 Å². The molecule has 0 radical (unpaired) electrons. The summed E-state index contributed by atoms with van der Waals surface area (Å²) in [5.74, 6) is 1.04. The fourth-order valence-corrected chi connectivity index (χ4v) is 11.1. The van der Waals surface area contributed by atoms with Crippen molar-refractivity contribution in [3.63, 3.8) is 0 Å². The second kappa shape index (κ2) is 16.8. The fourth-order valence-electron chi connectivity index (χ4n) is 11.1. The number of hydrogen-bond donors (Lipinski definition) is 4. The highest BCUT2D eigenvalue weighted by molar-refractivity contribution is 6.19. The predicted molar refractivity (Wildman–Crippen MR) is 261 cm³/mol. The highest BCUT2D eigenvalue weighted by Crippen LogP contribution is 2.59. The van der Waals surface area contributed by atoms with Gasteiger partial charge in [-0.1, -0.05) is 88.4 Å². The molecule has 4 aromatic heterocycles. The van der Waals surface area contributed by atoms with E-state index in [2.05, 4.69) is 81.3 Å². The number of furan rings is 2. The lowest BCUT2D eigenvalue weighted by Gasteiger charge is -2.30. The summed E-state index contributed by atoms with van der Waals surface area (Å²) in [5, 5.41) is 7.65. The van der Waals surface area contributed by atoms with Crippen LogP contribution in [-0.4, -0.2) is 93.1 Å². The number of methoxy groups -OCH3 is 2. The molecule has 2 saturated heterocycles. The second-order valence-corrected chi connectivity index (χ2v) is 20.7. The third kappa shape index (κ3) is 7.94. The summed E-state index contributed by atoms with van der Waals surface area (Å²) < 4.78 is 16.0. The van der Waals surface area contributed by atoms with Crippen LogP contribution >= 0.6 is 0 Å². The van der Waals surface area contributed by atoms with Gasteiger partial charge >= 0.3 is 12.2 Å². The number of amides is 4. The zero-order chi connectivity index (χ0) is 47.9. The molecule has 4 N–H and O–H groups in total. The summed E-state index contributed by atoms with van der Waals surface area (Å²) in [5.41, 5.74) is 9.83. The van der Waals surface area contributed by atoms with Crippen LogP contribution in [0.1, 0.15) is 90.0 Å². The van der Waals surface area contributed by atoms with Crippen LogP contribution in [0.2, 0.25) is 0 Å². The molecular formula is C54H58N8O7. The molecule has 3 aromatic carbocycles. The van der Waals surface area contributed by atoms with Gasteiger partial charge in [0, 0.05) is 23.9 Å². The molecule has 2 aliphatic heterocycles. The number of alkyl carbamates (subject to hydrolysis) is 2. The molecule has 11 rings (SSSR count). The van der Waals surface area contributed by atoms with Crippen LogP contribution in [0, 0.1) is 22.7 Å². The Bertz CT molecular complexity index is 2880. The number of aromatic nitrogens is 4. The molecule has 2 aliphatic carbocycles. The van der Waals surface area contributed by atoms with E-state index in [9.17, 15) is 19.2 Å². The molecule has 2 bridgehead atoms. The van der Waals surface area contributed by atoms with Crippen molar-refractivity contribution in [2.45, 2.75) is 90.4 Å². The first-order valence-electron chi connectivity index (χ1n) is 24.2. The van der Waals surface area contributed by atoms with Gasteiger partial charge in [-0.3, -0.25) is 9.59 Å². The van der Waals surface area contributed by atoms with Crippen molar-refractivity contribution in [2.75, 3.05) is 27.3 Å². The molecule has 15 nitrogen and oxygen atoms in total. The van der Waals surface area contributed by atoms with Gasteiger partial charge in [0.2, 0.25) is 11.8 Å². The number of nitrogens with zero attached hydrogens (tertiary/aromatic N) is 4. The van der Waals surface area contributed by atoms with Gasteiger partial charge in [0.25, 0.3) is 0 Å². The Kier molecular flexibility index (Phi) is 10.8. The molecule has 69 heavy (non-hydrogen) atoms. The van der Waals surface area contributed by atoms with E-state index in [1.165, 1.54) is 14.2 Å². The van der Waals surface area contributed by atoms with Crippen LogP contribution in [0.25, 0.3) is 66.7 Å².